The average molecular weight is 281 g/mol. The summed E-state index contributed by atoms with van der Waals surface area (Å²) in [7, 11) is 0. The zero-order valence-electron chi connectivity index (χ0n) is 13.0. The van der Waals surface area contributed by atoms with Crippen LogP contribution in [0.15, 0.2) is 0 Å². The van der Waals surface area contributed by atoms with Gasteiger partial charge in [0.15, 0.2) is 0 Å². The Hall–Kier alpha value is -0.610. The van der Waals surface area contributed by atoms with E-state index in [0.29, 0.717) is 0 Å². The van der Waals surface area contributed by atoms with E-state index in [1.54, 1.807) is 0 Å². The van der Waals surface area contributed by atoms with Crippen molar-refractivity contribution in [2.45, 2.75) is 45.4 Å². The van der Waals surface area contributed by atoms with E-state index in [4.69, 9.17) is 0 Å². The average Bonchev–Trinajstić information content (AvgIpc) is 2.49. The highest BCUT2D eigenvalue weighted by Crippen LogP contribution is 2.16. The Morgan fingerprint density at radius 1 is 1.15 bits per heavy atom. The van der Waals surface area contributed by atoms with Crippen molar-refractivity contribution in [3.8, 4) is 0 Å². The van der Waals surface area contributed by atoms with Crippen molar-refractivity contribution < 1.29 is 4.79 Å². The minimum Gasteiger partial charge on any atom is -0.356 e. The minimum absolute atomic E-state index is 0.250. The third-order valence-corrected chi connectivity index (χ3v) is 4.79. The van der Waals surface area contributed by atoms with E-state index in [1.165, 1.54) is 38.9 Å². The van der Waals surface area contributed by atoms with Crippen LogP contribution in [0.25, 0.3) is 0 Å². The van der Waals surface area contributed by atoms with Crippen molar-refractivity contribution in [3.05, 3.63) is 0 Å². The first-order valence-corrected chi connectivity index (χ1v) is 8.46. The third-order valence-electron chi connectivity index (χ3n) is 4.79. The summed E-state index contributed by atoms with van der Waals surface area (Å²) in [5.74, 6) is 1.44. The van der Waals surface area contributed by atoms with E-state index in [0.717, 1.165) is 44.8 Å². The van der Waals surface area contributed by atoms with Crippen LogP contribution < -0.4 is 10.6 Å². The first-order chi connectivity index (χ1) is 9.75. The monoisotopic (exact) mass is 281 g/mol. The lowest BCUT2D eigenvalue weighted by Crippen LogP contribution is -2.38. The second-order valence-corrected chi connectivity index (χ2v) is 6.55. The number of unbranched alkanes of at least 4 members (excludes halogenated alkanes) is 1. The van der Waals surface area contributed by atoms with Crippen LogP contribution in [0.5, 0.6) is 0 Å². The van der Waals surface area contributed by atoms with Crippen LogP contribution in [0.4, 0.5) is 0 Å². The highest BCUT2D eigenvalue weighted by molar-refractivity contribution is 5.78. The van der Waals surface area contributed by atoms with Gasteiger partial charge in [0.25, 0.3) is 0 Å². The summed E-state index contributed by atoms with van der Waals surface area (Å²) < 4.78 is 0. The molecule has 2 N–H and O–H groups in total. The minimum atomic E-state index is 0.250. The van der Waals surface area contributed by atoms with Crippen LogP contribution in [0.3, 0.4) is 0 Å². The number of amides is 1. The molecule has 2 saturated heterocycles. The molecule has 2 heterocycles. The van der Waals surface area contributed by atoms with E-state index in [-0.39, 0.29) is 11.8 Å². The second-order valence-electron chi connectivity index (χ2n) is 6.55. The molecule has 20 heavy (non-hydrogen) atoms. The molecular weight excluding hydrogens is 250 g/mol. The summed E-state index contributed by atoms with van der Waals surface area (Å²) in [4.78, 5) is 14.5. The first-order valence-electron chi connectivity index (χ1n) is 8.46. The van der Waals surface area contributed by atoms with E-state index in [2.05, 4.69) is 22.5 Å². The number of hydrogen-bond acceptors (Lipinski definition) is 3. The van der Waals surface area contributed by atoms with Gasteiger partial charge < -0.3 is 15.5 Å². The van der Waals surface area contributed by atoms with Crippen LogP contribution in [0, 0.1) is 11.8 Å². The molecule has 1 amide bonds. The molecule has 2 fully saturated rings. The molecule has 0 bridgehead atoms. The summed E-state index contributed by atoms with van der Waals surface area (Å²) >= 11 is 0. The van der Waals surface area contributed by atoms with E-state index < -0.39 is 0 Å². The molecule has 4 nitrogen and oxygen atoms in total. The summed E-state index contributed by atoms with van der Waals surface area (Å²) in [6, 6.07) is 0. The fraction of sp³-hybridized carbons (Fsp3) is 0.938. The highest BCUT2D eigenvalue weighted by atomic mass is 16.1. The van der Waals surface area contributed by atoms with E-state index in [9.17, 15) is 4.79 Å². The fourth-order valence-corrected chi connectivity index (χ4v) is 3.19. The smallest absolute Gasteiger partial charge is 0.223 e. The molecular formula is C16H31N3O. The lowest BCUT2D eigenvalue weighted by atomic mass is 9.97. The molecule has 0 atom stereocenters. The predicted molar refractivity (Wildman–Crippen MR) is 82.7 cm³/mol. The van der Waals surface area contributed by atoms with Gasteiger partial charge in [0.05, 0.1) is 0 Å². The zero-order chi connectivity index (χ0) is 14.2. The molecule has 0 radical (unpaired) electrons. The van der Waals surface area contributed by atoms with E-state index in [1.807, 2.05) is 0 Å². The van der Waals surface area contributed by atoms with Crippen LogP contribution in [-0.4, -0.2) is 50.1 Å². The van der Waals surface area contributed by atoms with Gasteiger partial charge in [-0.25, -0.2) is 0 Å². The van der Waals surface area contributed by atoms with Gasteiger partial charge in [-0.05, 0) is 77.2 Å². The zero-order valence-corrected chi connectivity index (χ0v) is 13.0. The van der Waals surface area contributed by atoms with Gasteiger partial charge >= 0.3 is 0 Å². The van der Waals surface area contributed by atoms with Crippen molar-refractivity contribution in [2.24, 2.45) is 11.8 Å². The fourth-order valence-electron chi connectivity index (χ4n) is 3.19. The van der Waals surface area contributed by atoms with Crippen LogP contribution >= 0.6 is 0 Å². The van der Waals surface area contributed by atoms with Crippen molar-refractivity contribution in [3.63, 3.8) is 0 Å². The Morgan fingerprint density at radius 3 is 2.55 bits per heavy atom. The second kappa shape index (κ2) is 8.63. The number of rotatable bonds is 6. The number of carbonyl (C=O) groups is 1. The molecule has 2 aliphatic rings. The molecule has 0 saturated carbocycles. The van der Waals surface area contributed by atoms with Gasteiger partial charge in [-0.15, -0.1) is 0 Å². The summed E-state index contributed by atoms with van der Waals surface area (Å²) in [5.41, 5.74) is 0. The van der Waals surface area contributed by atoms with Gasteiger partial charge in [0.1, 0.15) is 0 Å². The molecule has 0 spiro atoms. The summed E-state index contributed by atoms with van der Waals surface area (Å²) in [5, 5.41) is 6.41. The van der Waals surface area contributed by atoms with Crippen molar-refractivity contribution in [1.82, 2.24) is 15.5 Å². The Bertz CT molecular complexity index is 281. The molecule has 0 aromatic rings. The quantitative estimate of drug-likeness (QED) is 0.727. The Kier molecular flexibility index (Phi) is 6.80. The molecule has 2 aliphatic heterocycles. The SMILES string of the molecule is CC1CCN(CCCCNC(=O)C2CCNCC2)CC1. The number of likely N-dealkylation sites (tertiary alicyclic amines) is 1. The van der Waals surface area contributed by atoms with E-state index >= 15 is 0 Å². The Balaban J connectivity index is 1.47. The highest BCUT2D eigenvalue weighted by Gasteiger charge is 2.20. The van der Waals surface area contributed by atoms with Crippen LogP contribution in [0.2, 0.25) is 0 Å². The summed E-state index contributed by atoms with van der Waals surface area (Å²) in [6.07, 6.45) is 7.03. The predicted octanol–water partition coefficient (Wildman–Crippen LogP) is 1.61. The number of nitrogens with one attached hydrogen (secondary N) is 2. The molecule has 116 valence electrons. The molecule has 0 aromatic carbocycles. The van der Waals surface area contributed by atoms with Crippen LogP contribution in [-0.2, 0) is 4.79 Å². The van der Waals surface area contributed by atoms with Gasteiger partial charge in [0.2, 0.25) is 5.91 Å². The van der Waals surface area contributed by atoms with Gasteiger partial charge in [-0.2, -0.15) is 0 Å². The Morgan fingerprint density at radius 2 is 1.85 bits per heavy atom. The normalized spacial score (nSPS) is 22.9. The number of nitrogens with zero attached hydrogens (tertiary/aromatic N) is 1. The lowest BCUT2D eigenvalue weighted by molar-refractivity contribution is -0.125. The topological polar surface area (TPSA) is 44.4 Å². The third kappa shape index (κ3) is 5.41. The maximum Gasteiger partial charge on any atom is 0.223 e. The van der Waals surface area contributed by atoms with Gasteiger partial charge in [0, 0.05) is 12.5 Å². The molecule has 0 unspecified atom stereocenters. The maximum absolute atomic E-state index is 11.9. The molecule has 2 rings (SSSR count). The van der Waals surface area contributed by atoms with Crippen molar-refractivity contribution in [1.29, 1.82) is 0 Å². The van der Waals surface area contributed by atoms with Crippen LogP contribution in [0.1, 0.15) is 45.4 Å². The first kappa shape index (κ1) is 15.8. The standard InChI is InChI=1S/C16H31N3O/c1-14-6-12-19(13-7-14)11-3-2-8-18-16(20)15-4-9-17-10-5-15/h14-15,17H,2-13H2,1H3,(H,18,20). The Labute approximate surface area is 123 Å². The lowest BCUT2D eigenvalue weighted by Gasteiger charge is -2.30. The largest absolute Gasteiger partial charge is 0.356 e. The number of hydrogen-bond donors (Lipinski definition) is 2. The van der Waals surface area contributed by atoms with Gasteiger partial charge in [-0.1, -0.05) is 6.92 Å². The van der Waals surface area contributed by atoms with Gasteiger partial charge in [-0.3, -0.25) is 4.79 Å². The van der Waals surface area contributed by atoms with Crippen molar-refractivity contribution in [2.75, 3.05) is 39.3 Å². The summed E-state index contributed by atoms with van der Waals surface area (Å²) in [6.45, 7) is 8.93. The molecule has 0 aromatic heterocycles. The van der Waals surface area contributed by atoms with Crippen molar-refractivity contribution >= 4 is 5.91 Å². The maximum atomic E-state index is 11.9. The molecule has 0 aliphatic carbocycles. The number of carbonyl (C=O) groups excluding carboxylic acids is 1. The molecule has 4 heteroatoms. The number of piperidine rings is 2.